The lowest BCUT2D eigenvalue weighted by molar-refractivity contribution is -0.117. The van der Waals surface area contributed by atoms with Crippen LogP contribution in [0.4, 0.5) is 10.1 Å². The molecule has 1 aliphatic heterocycles. The second kappa shape index (κ2) is 10.2. The van der Waals surface area contributed by atoms with Crippen LogP contribution in [0.5, 0.6) is 5.75 Å². The Labute approximate surface area is 207 Å². The molecule has 3 aromatic carbocycles. The first-order valence-corrected chi connectivity index (χ1v) is 11.4. The van der Waals surface area contributed by atoms with Gasteiger partial charge < -0.3 is 10.1 Å². The first-order valence-electron chi connectivity index (χ1n) is 11.4. The number of nitrogens with zero attached hydrogens (tertiary/aromatic N) is 2. The van der Waals surface area contributed by atoms with Gasteiger partial charge in [0.1, 0.15) is 5.82 Å². The van der Waals surface area contributed by atoms with Gasteiger partial charge in [-0.15, -0.1) is 0 Å². The van der Waals surface area contributed by atoms with Crippen molar-refractivity contribution < 1.29 is 18.7 Å². The van der Waals surface area contributed by atoms with Crippen molar-refractivity contribution >= 4 is 23.6 Å². The average Bonchev–Trinajstić information content (AvgIpc) is 2.91. The smallest absolute Gasteiger partial charge is 0.294 e. The van der Waals surface area contributed by atoms with Gasteiger partial charge in [-0.2, -0.15) is 0 Å². The zero-order valence-corrected chi connectivity index (χ0v) is 19.2. The number of benzene rings is 3. The highest BCUT2D eigenvalue weighted by Gasteiger charge is 2.30. The number of anilines is 1. The van der Waals surface area contributed by atoms with Crippen LogP contribution in [0.25, 0.3) is 6.08 Å². The van der Waals surface area contributed by atoms with Crippen LogP contribution in [-0.2, 0) is 17.9 Å². The molecule has 1 N–H and O–H groups in total. The molecule has 0 atom stereocenters. The van der Waals surface area contributed by atoms with Crippen molar-refractivity contribution in [3.8, 4) is 5.75 Å². The number of fused-ring (bicyclic) bond motifs is 1. The Kier molecular flexibility index (Phi) is 6.53. The minimum absolute atomic E-state index is 0.0681. The fourth-order valence-corrected chi connectivity index (χ4v) is 3.87. The Bertz CT molecular complexity index is 1440. The van der Waals surface area contributed by atoms with E-state index < -0.39 is 0 Å². The lowest BCUT2D eigenvalue weighted by Crippen LogP contribution is -2.37. The highest BCUT2D eigenvalue weighted by Crippen LogP contribution is 2.36. The van der Waals surface area contributed by atoms with Crippen molar-refractivity contribution in [2.45, 2.75) is 13.1 Å². The van der Waals surface area contributed by atoms with Crippen LogP contribution in [0, 0.1) is 5.82 Å². The first kappa shape index (κ1) is 23.0. The molecule has 178 valence electrons. The van der Waals surface area contributed by atoms with Crippen molar-refractivity contribution in [1.29, 1.82) is 0 Å². The predicted octanol–water partition coefficient (Wildman–Crippen LogP) is 5.12. The Hall–Kier alpha value is -4.78. The van der Waals surface area contributed by atoms with Crippen molar-refractivity contribution in [1.82, 2.24) is 10.3 Å². The number of pyridine rings is 1. The number of halogens is 1. The molecule has 2 heterocycles. The summed E-state index contributed by atoms with van der Waals surface area (Å²) >= 11 is 0. The largest absolute Gasteiger partial charge is 0.449 e. The fraction of sp³-hybridized carbons (Fsp3) is 0.0690. The summed E-state index contributed by atoms with van der Waals surface area (Å²) in [6, 6.07) is 25.9. The molecule has 0 fully saturated rings. The highest BCUT2D eigenvalue weighted by molar-refractivity contribution is 6.09. The van der Waals surface area contributed by atoms with Gasteiger partial charge in [-0.3, -0.25) is 19.5 Å². The Morgan fingerprint density at radius 1 is 0.944 bits per heavy atom. The number of para-hydroxylation sites is 2. The molecule has 36 heavy (non-hydrogen) atoms. The zero-order valence-electron chi connectivity index (χ0n) is 19.2. The standard InChI is InChI=1S/C29H22FN3O3/c30-24-9-2-1-7-22(24)19-33-25-10-3-4-11-26(25)36-27(29(33)35)17-20-12-14-21(15-13-20)28(34)32-18-23-8-5-6-16-31-23/h1-17H,18-19H2,(H,32,34)/b27-17-. The van der Waals surface area contributed by atoms with E-state index in [-0.39, 0.29) is 29.9 Å². The van der Waals surface area contributed by atoms with Gasteiger partial charge in [0.2, 0.25) is 0 Å². The quantitative estimate of drug-likeness (QED) is 0.390. The van der Waals surface area contributed by atoms with Crippen LogP contribution in [0.15, 0.2) is 103 Å². The third-order valence-corrected chi connectivity index (χ3v) is 5.75. The van der Waals surface area contributed by atoms with Gasteiger partial charge in [-0.1, -0.05) is 48.5 Å². The summed E-state index contributed by atoms with van der Waals surface area (Å²) in [5.74, 6) is -0.372. The number of aromatic nitrogens is 1. The molecular weight excluding hydrogens is 457 g/mol. The van der Waals surface area contributed by atoms with Crippen LogP contribution in [-0.4, -0.2) is 16.8 Å². The summed E-state index contributed by atoms with van der Waals surface area (Å²) < 4.78 is 20.2. The molecule has 0 aliphatic carbocycles. The number of ether oxygens (including phenoxy) is 1. The summed E-state index contributed by atoms with van der Waals surface area (Å²) in [4.78, 5) is 31.5. The van der Waals surface area contributed by atoms with E-state index in [0.29, 0.717) is 34.7 Å². The van der Waals surface area contributed by atoms with E-state index in [1.54, 1.807) is 72.9 Å². The fourth-order valence-electron chi connectivity index (χ4n) is 3.87. The van der Waals surface area contributed by atoms with E-state index in [1.165, 1.54) is 11.0 Å². The molecule has 0 saturated carbocycles. The minimum Gasteiger partial charge on any atom is -0.449 e. The molecule has 1 aliphatic rings. The van der Waals surface area contributed by atoms with Crippen molar-refractivity contribution in [2.24, 2.45) is 0 Å². The van der Waals surface area contributed by atoms with Crippen molar-refractivity contribution in [3.05, 3.63) is 131 Å². The Morgan fingerprint density at radius 3 is 2.47 bits per heavy atom. The summed E-state index contributed by atoms with van der Waals surface area (Å²) in [5, 5.41) is 2.83. The molecule has 0 unspecified atom stereocenters. The summed E-state index contributed by atoms with van der Waals surface area (Å²) in [6.45, 7) is 0.393. The van der Waals surface area contributed by atoms with Gasteiger partial charge in [0.25, 0.3) is 11.8 Å². The average molecular weight is 480 g/mol. The Balaban J connectivity index is 1.35. The molecule has 6 nitrogen and oxygen atoms in total. The van der Waals surface area contributed by atoms with Gasteiger partial charge in [0.05, 0.1) is 24.5 Å². The van der Waals surface area contributed by atoms with E-state index in [9.17, 15) is 14.0 Å². The number of carbonyl (C=O) groups excluding carboxylic acids is 2. The summed E-state index contributed by atoms with van der Waals surface area (Å²) in [7, 11) is 0. The van der Waals surface area contributed by atoms with Gasteiger partial charge in [0.15, 0.2) is 11.5 Å². The van der Waals surface area contributed by atoms with Gasteiger partial charge >= 0.3 is 0 Å². The van der Waals surface area contributed by atoms with E-state index in [1.807, 2.05) is 24.3 Å². The first-order chi connectivity index (χ1) is 17.6. The number of hydrogen-bond acceptors (Lipinski definition) is 4. The van der Waals surface area contributed by atoms with E-state index in [2.05, 4.69) is 10.3 Å². The van der Waals surface area contributed by atoms with Gasteiger partial charge in [-0.25, -0.2) is 4.39 Å². The summed E-state index contributed by atoms with van der Waals surface area (Å²) in [5.41, 5.74) is 2.91. The third-order valence-electron chi connectivity index (χ3n) is 5.75. The number of carbonyl (C=O) groups is 2. The van der Waals surface area contributed by atoms with Crippen molar-refractivity contribution in [3.63, 3.8) is 0 Å². The number of nitrogens with one attached hydrogen (secondary N) is 1. The van der Waals surface area contributed by atoms with Crippen molar-refractivity contribution in [2.75, 3.05) is 4.90 Å². The highest BCUT2D eigenvalue weighted by atomic mass is 19.1. The second-order valence-electron chi connectivity index (χ2n) is 8.19. The molecular formula is C29H22FN3O3. The third kappa shape index (κ3) is 5.00. The molecule has 0 saturated heterocycles. The normalized spacial score (nSPS) is 13.8. The maximum atomic E-state index is 14.3. The molecule has 0 radical (unpaired) electrons. The molecule has 1 aromatic heterocycles. The van der Waals surface area contributed by atoms with Crippen LogP contribution < -0.4 is 15.0 Å². The SMILES string of the molecule is O=C(NCc1ccccn1)c1ccc(/C=C2\Oc3ccccc3N(Cc3ccccc3F)C2=O)cc1. The maximum Gasteiger partial charge on any atom is 0.294 e. The zero-order chi connectivity index (χ0) is 24.9. The summed E-state index contributed by atoms with van der Waals surface area (Å²) in [6.07, 6.45) is 3.29. The molecule has 7 heteroatoms. The lowest BCUT2D eigenvalue weighted by atomic mass is 10.1. The van der Waals surface area contributed by atoms with E-state index >= 15 is 0 Å². The van der Waals surface area contributed by atoms with Crippen LogP contribution in [0.1, 0.15) is 27.2 Å². The molecule has 4 aromatic rings. The molecule has 0 spiro atoms. The van der Waals surface area contributed by atoms with Crippen LogP contribution in [0.3, 0.4) is 0 Å². The predicted molar refractivity (Wildman–Crippen MR) is 134 cm³/mol. The second-order valence-corrected chi connectivity index (χ2v) is 8.19. The van der Waals surface area contributed by atoms with Gasteiger partial charge in [-0.05, 0) is 54.1 Å². The number of amides is 2. The Morgan fingerprint density at radius 2 is 1.69 bits per heavy atom. The topological polar surface area (TPSA) is 71.5 Å². The van der Waals surface area contributed by atoms with Gasteiger partial charge in [0, 0.05) is 17.3 Å². The minimum atomic E-state index is -0.380. The molecule has 0 bridgehead atoms. The maximum absolute atomic E-state index is 14.3. The molecule has 5 rings (SSSR count). The van der Waals surface area contributed by atoms with E-state index in [4.69, 9.17) is 4.74 Å². The van der Waals surface area contributed by atoms with E-state index in [0.717, 1.165) is 5.69 Å². The number of rotatable bonds is 6. The van der Waals surface area contributed by atoms with Crippen LogP contribution >= 0.6 is 0 Å². The lowest BCUT2D eigenvalue weighted by Gasteiger charge is -2.30. The monoisotopic (exact) mass is 479 g/mol. The molecule has 2 amide bonds. The number of hydrogen-bond donors (Lipinski definition) is 1. The van der Waals surface area contributed by atoms with Crippen LogP contribution in [0.2, 0.25) is 0 Å².